The number of H-pyrrole nitrogens is 1. The van der Waals surface area contributed by atoms with Gasteiger partial charge < -0.3 is 20.1 Å². The fourth-order valence-electron chi connectivity index (χ4n) is 2.64. The lowest BCUT2D eigenvalue weighted by molar-refractivity contribution is -0.110. The Labute approximate surface area is 134 Å². The van der Waals surface area contributed by atoms with E-state index in [4.69, 9.17) is 9.84 Å². The summed E-state index contributed by atoms with van der Waals surface area (Å²) in [6.45, 7) is 0.102. The molecule has 23 heavy (non-hydrogen) atoms. The first-order valence-electron chi connectivity index (χ1n) is 7.40. The van der Waals surface area contributed by atoms with Gasteiger partial charge in [-0.25, -0.2) is 0 Å². The van der Waals surface area contributed by atoms with Gasteiger partial charge in [-0.15, -0.1) is 0 Å². The molecule has 2 heterocycles. The Hall–Kier alpha value is -2.79. The average molecular weight is 310 g/mol. The lowest BCUT2D eigenvalue weighted by Gasteiger charge is -2.04. The second-order valence-corrected chi connectivity index (χ2v) is 5.16. The predicted octanol–water partition coefficient (Wildman–Crippen LogP) is 2.91. The van der Waals surface area contributed by atoms with Crippen LogP contribution in [-0.2, 0) is 4.79 Å². The van der Waals surface area contributed by atoms with Crippen LogP contribution in [0.15, 0.2) is 36.5 Å². The predicted molar refractivity (Wildman–Crippen MR) is 91.0 cm³/mol. The Morgan fingerprint density at radius 1 is 1.30 bits per heavy atom. The molecule has 0 saturated carbocycles. The molecule has 0 bridgehead atoms. The van der Waals surface area contributed by atoms with Gasteiger partial charge in [0.25, 0.3) is 5.91 Å². The normalized spacial score (nSPS) is 15.2. The van der Waals surface area contributed by atoms with Gasteiger partial charge in [-0.2, -0.15) is 0 Å². The molecule has 1 amide bonds. The molecule has 0 saturated heterocycles. The largest absolute Gasteiger partial charge is 0.495 e. The molecule has 0 spiro atoms. The monoisotopic (exact) mass is 310 g/mol. The average Bonchev–Trinajstić information content (AvgIpc) is 3.13. The number of methoxy groups -OCH3 is 1. The van der Waals surface area contributed by atoms with Gasteiger partial charge in [-0.1, -0.05) is 24.3 Å². The van der Waals surface area contributed by atoms with Crippen LogP contribution in [0.5, 0.6) is 5.75 Å². The number of hydrogen-bond acceptors (Lipinski definition) is 3. The van der Waals surface area contributed by atoms with E-state index in [1.807, 2.05) is 36.4 Å². The van der Waals surface area contributed by atoms with Crippen molar-refractivity contribution in [2.45, 2.75) is 6.42 Å². The summed E-state index contributed by atoms with van der Waals surface area (Å²) in [4.78, 5) is 15.4. The molecule has 3 rings (SSSR count). The van der Waals surface area contributed by atoms with Gasteiger partial charge in [-0.05, 0) is 30.2 Å². The SMILES string of the molecule is COc1cc[nH]c1C=C1C(=O)Nc2cccc(C=CCCO)c21. The topological polar surface area (TPSA) is 74.4 Å². The first-order chi connectivity index (χ1) is 11.2. The fraction of sp³-hybridized carbons (Fsp3) is 0.167. The number of hydrogen-bond donors (Lipinski definition) is 3. The molecule has 0 unspecified atom stereocenters. The van der Waals surface area contributed by atoms with E-state index in [0.717, 1.165) is 22.5 Å². The third kappa shape index (κ3) is 2.91. The summed E-state index contributed by atoms with van der Waals surface area (Å²) in [6.07, 6.45) is 7.96. The summed E-state index contributed by atoms with van der Waals surface area (Å²) in [7, 11) is 1.59. The van der Waals surface area contributed by atoms with Crippen LogP contribution in [-0.4, -0.2) is 29.7 Å². The quantitative estimate of drug-likeness (QED) is 0.743. The van der Waals surface area contributed by atoms with E-state index in [-0.39, 0.29) is 12.5 Å². The maximum absolute atomic E-state index is 12.3. The lowest BCUT2D eigenvalue weighted by Crippen LogP contribution is -2.03. The molecule has 1 aliphatic heterocycles. The number of rotatable bonds is 5. The van der Waals surface area contributed by atoms with Crippen molar-refractivity contribution in [3.63, 3.8) is 0 Å². The van der Waals surface area contributed by atoms with Crippen molar-refractivity contribution in [1.29, 1.82) is 0 Å². The summed E-state index contributed by atoms with van der Waals surface area (Å²) in [5.74, 6) is 0.548. The Morgan fingerprint density at radius 2 is 2.17 bits per heavy atom. The Balaban J connectivity index is 2.07. The number of fused-ring (bicyclic) bond motifs is 1. The van der Waals surface area contributed by atoms with Crippen LogP contribution in [0, 0.1) is 0 Å². The lowest BCUT2D eigenvalue weighted by atomic mass is 9.99. The maximum Gasteiger partial charge on any atom is 0.256 e. The van der Waals surface area contributed by atoms with Crippen molar-refractivity contribution < 1.29 is 14.6 Å². The summed E-state index contributed by atoms with van der Waals surface area (Å²) in [5.41, 5.74) is 3.93. The minimum atomic E-state index is -0.139. The molecule has 0 radical (unpaired) electrons. The number of aliphatic hydroxyl groups is 1. The van der Waals surface area contributed by atoms with Gasteiger partial charge >= 0.3 is 0 Å². The number of aromatic nitrogens is 1. The molecule has 0 atom stereocenters. The van der Waals surface area contributed by atoms with Gasteiger partial charge in [0.05, 0.1) is 18.4 Å². The van der Waals surface area contributed by atoms with Crippen LogP contribution >= 0.6 is 0 Å². The highest BCUT2D eigenvalue weighted by atomic mass is 16.5. The molecule has 118 valence electrons. The molecule has 1 aliphatic rings. The van der Waals surface area contributed by atoms with Crippen LogP contribution in [0.25, 0.3) is 17.7 Å². The van der Waals surface area contributed by atoms with E-state index in [9.17, 15) is 4.79 Å². The smallest absolute Gasteiger partial charge is 0.256 e. The number of carbonyl (C=O) groups is 1. The molecule has 1 aromatic carbocycles. The van der Waals surface area contributed by atoms with Gasteiger partial charge in [0, 0.05) is 24.1 Å². The van der Waals surface area contributed by atoms with E-state index in [1.165, 1.54) is 0 Å². The van der Waals surface area contributed by atoms with E-state index in [0.29, 0.717) is 17.7 Å². The third-order valence-electron chi connectivity index (χ3n) is 3.70. The van der Waals surface area contributed by atoms with Crippen molar-refractivity contribution in [1.82, 2.24) is 4.98 Å². The van der Waals surface area contributed by atoms with Gasteiger partial charge in [-0.3, -0.25) is 4.79 Å². The second kappa shape index (κ2) is 6.54. The van der Waals surface area contributed by atoms with E-state index >= 15 is 0 Å². The number of ether oxygens (including phenoxy) is 1. The van der Waals surface area contributed by atoms with Crippen LogP contribution in [0.1, 0.15) is 23.2 Å². The van der Waals surface area contributed by atoms with Crippen molar-refractivity contribution >= 4 is 29.3 Å². The number of benzene rings is 1. The van der Waals surface area contributed by atoms with Gasteiger partial charge in [0.15, 0.2) is 0 Å². The van der Waals surface area contributed by atoms with E-state index in [2.05, 4.69) is 10.3 Å². The van der Waals surface area contributed by atoms with Crippen LogP contribution < -0.4 is 10.1 Å². The molecular weight excluding hydrogens is 292 g/mol. The van der Waals surface area contributed by atoms with Crippen molar-refractivity contribution in [2.75, 3.05) is 19.0 Å². The van der Waals surface area contributed by atoms with Crippen molar-refractivity contribution in [3.8, 4) is 5.75 Å². The number of carbonyl (C=O) groups excluding carboxylic acids is 1. The number of aliphatic hydroxyl groups excluding tert-OH is 1. The third-order valence-corrected chi connectivity index (χ3v) is 3.70. The minimum absolute atomic E-state index is 0.102. The standard InChI is InChI=1S/C18H18N2O3/c1-23-16-8-9-19-15(16)11-13-17-12(5-2-3-10-21)6-4-7-14(17)20-18(13)22/h2,4-9,11,19,21H,3,10H2,1H3,(H,20,22). The highest BCUT2D eigenvalue weighted by Gasteiger charge is 2.26. The van der Waals surface area contributed by atoms with Gasteiger partial charge in [0.1, 0.15) is 5.75 Å². The highest BCUT2D eigenvalue weighted by Crippen LogP contribution is 2.37. The molecule has 5 nitrogen and oxygen atoms in total. The highest BCUT2D eigenvalue weighted by molar-refractivity contribution is 6.35. The second-order valence-electron chi connectivity index (χ2n) is 5.16. The number of amides is 1. The molecule has 1 aromatic heterocycles. The first-order valence-corrected chi connectivity index (χ1v) is 7.40. The molecule has 0 aliphatic carbocycles. The molecular formula is C18H18N2O3. The number of anilines is 1. The Bertz CT molecular complexity index is 787. The Kier molecular flexibility index (Phi) is 4.30. The summed E-state index contributed by atoms with van der Waals surface area (Å²) in [5, 5.41) is 11.8. The van der Waals surface area contributed by atoms with Crippen LogP contribution in [0.3, 0.4) is 0 Å². The summed E-state index contributed by atoms with van der Waals surface area (Å²) in [6, 6.07) is 7.54. The van der Waals surface area contributed by atoms with E-state index < -0.39 is 0 Å². The number of nitrogens with one attached hydrogen (secondary N) is 2. The van der Waals surface area contributed by atoms with Crippen LogP contribution in [0.2, 0.25) is 0 Å². The zero-order chi connectivity index (χ0) is 16.2. The molecule has 3 N–H and O–H groups in total. The van der Waals surface area contributed by atoms with Gasteiger partial charge in [0.2, 0.25) is 0 Å². The van der Waals surface area contributed by atoms with Crippen LogP contribution in [0.4, 0.5) is 5.69 Å². The number of aromatic amines is 1. The molecule has 2 aromatic rings. The summed E-state index contributed by atoms with van der Waals surface area (Å²) < 4.78 is 5.28. The minimum Gasteiger partial charge on any atom is -0.495 e. The Morgan fingerprint density at radius 3 is 2.96 bits per heavy atom. The zero-order valence-electron chi connectivity index (χ0n) is 12.8. The molecule has 0 fully saturated rings. The summed E-state index contributed by atoms with van der Waals surface area (Å²) >= 11 is 0. The fourth-order valence-corrected chi connectivity index (χ4v) is 2.64. The van der Waals surface area contributed by atoms with Crippen molar-refractivity contribution in [2.24, 2.45) is 0 Å². The zero-order valence-corrected chi connectivity index (χ0v) is 12.8. The van der Waals surface area contributed by atoms with Crippen molar-refractivity contribution in [3.05, 3.63) is 53.4 Å². The first kappa shape index (κ1) is 15.1. The van der Waals surface area contributed by atoms with E-state index in [1.54, 1.807) is 19.4 Å². The molecule has 5 heteroatoms. The maximum atomic E-state index is 12.3.